The Labute approximate surface area is 189 Å². The lowest BCUT2D eigenvalue weighted by Crippen LogP contribution is -2.45. The van der Waals surface area contributed by atoms with Gasteiger partial charge < -0.3 is 11.1 Å². The molecule has 4 N–H and O–H groups in total. The second-order valence-electron chi connectivity index (χ2n) is 8.46. The summed E-state index contributed by atoms with van der Waals surface area (Å²) in [5.74, 6) is -0.435. The van der Waals surface area contributed by atoms with E-state index in [1.807, 2.05) is 74.0 Å². The van der Waals surface area contributed by atoms with Crippen molar-refractivity contribution in [2.75, 3.05) is 6.26 Å². The number of nitrogens with one attached hydrogen (secondary N) is 2. The third-order valence-corrected chi connectivity index (χ3v) is 4.96. The van der Waals surface area contributed by atoms with Crippen LogP contribution in [0.3, 0.4) is 0 Å². The van der Waals surface area contributed by atoms with Crippen LogP contribution in [0, 0.1) is 0 Å². The molecule has 0 bridgehead atoms. The van der Waals surface area contributed by atoms with E-state index in [9.17, 15) is 13.2 Å². The number of carbonyl (C=O) groups is 1. The molecule has 0 spiro atoms. The molecule has 168 valence electrons. The lowest BCUT2D eigenvalue weighted by molar-refractivity contribution is -0.119. The van der Waals surface area contributed by atoms with E-state index in [1.165, 1.54) is 0 Å². The molecule has 2 rings (SSSR count). The summed E-state index contributed by atoms with van der Waals surface area (Å²) in [5.41, 5.74) is 8.66. The molecule has 7 nitrogen and oxygen atoms in total. The van der Waals surface area contributed by atoms with Gasteiger partial charge in [0.1, 0.15) is 0 Å². The van der Waals surface area contributed by atoms with E-state index >= 15 is 0 Å². The zero-order chi connectivity index (χ0) is 23.2. The first-order valence-electron chi connectivity index (χ1n) is 9.78. The van der Waals surface area contributed by atoms with Crippen LogP contribution in [0.2, 0.25) is 5.02 Å². The monoisotopic (exact) mass is 464 g/mol. The van der Waals surface area contributed by atoms with Gasteiger partial charge in [0, 0.05) is 10.6 Å². The molecule has 0 fully saturated rings. The van der Waals surface area contributed by atoms with Gasteiger partial charge in [-0.15, -0.1) is 0 Å². The lowest BCUT2D eigenvalue weighted by Gasteiger charge is -2.22. The Morgan fingerprint density at radius 3 is 2.32 bits per heavy atom. The standard InChI is InChI=1S/C22H29ClN4O3S/c1-22(2,3)26-21(24)25-19(14-20(28)27-31(4,29)30)12-15-8-10-16(11-9-15)17-6-5-7-18(23)13-17/h5-11,13,19H,12,14H2,1-4H3,(H,27,28)(H3,24,25,26)/t19-/m1/s1. The van der Waals surface area contributed by atoms with Gasteiger partial charge in [-0.05, 0) is 56.0 Å². The van der Waals surface area contributed by atoms with Crippen molar-refractivity contribution in [2.24, 2.45) is 10.7 Å². The summed E-state index contributed by atoms with van der Waals surface area (Å²) in [5, 5.41) is 3.72. The van der Waals surface area contributed by atoms with Gasteiger partial charge in [0.05, 0.1) is 18.7 Å². The number of amides is 1. The number of nitrogens with two attached hydrogens (primary N) is 1. The fourth-order valence-electron chi connectivity index (χ4n) is 3.01. The Bertz CT molecular complexity index is 1050. The van der Waals surface area contributed by atoms with E-state index in [2.05, 4.69) is 10.3 Å². The van der Waals surface area contributed by atoms with Crippen LogP contribution in [-0.2, 0) is 21.2 Å². The normalized spacial score (nSPS) is 13.5. The van der Waals surface area contributed by atoms with E-state index in [-0.39, 0.29) is 17.9 Å². The van der Waals surface area contributed by atoms with E-state index in [1.54, 1.807) is 0 Å². The maximum absolute atomic E-state index is 12.2. The number of hydrogen-bond acceptors (Lipinski definition) is 4. The summed E-state index contributed by atoms with van der Waals surface area (Å²) >= 11 is 6.07. The third-order valence-electron chi connectivity index (χ3n) is 4.13. The van der Waals surface area contributed by atoms with Gasteiger partial charge in [0.2, 0.25) is 15.9 Å². The van der Waals surface area contributed by atoms with Crippen LogP contribution in [0.5, 0.6) is 0 Å². The fraction of sp³-hybridized carbons (Fsp3) is 0.364. The van der Waals surface area contributed by atoms with Crippen molar-refractivity contribution in [1.82, 2.24) is 10.0 Å². The number of rotatable bonds is 7. The van der Waals surface area contributed by atoms with Gasteiger partial charge >= 0.3 is 0 Å². The highest BCUT2D eigenvalue weighted by molar-refractivity contribution is 7.89. The minimum Gasteiger partial charge on any atom is -0.370 e. The van der Waals surface area contributed by atoms with Crippen LogP contribution in [0.4, 0.5) is 0 Å². The van der Waals surface area contributed by atoms with Gasteiger partial charge in [0.15, 0.2) is 5.96 Å². The molecule has 0 radical (unpaired) electrons. The summed E-state index contributed by atoms with van der Waals surface area (Å²) < 4.78 is 24.7. The van der Waals surface area contributed by atoms with Crippen molar-refractivity contribution in [3.05, 3.63) is 59.1 Å². The van der Waals surface area contributed by atoms with Crippen molar-refractivity contribution in [3.8, 4) is 11.1 Å². The Morgan fingerprint density at radius 2 is 1.77 bits per heavy atom. The molecule has 0 aromatic heterocycles. The lowest BCUT2D eigenvalue weighted by atomic mass is 9.99. The molecule has 0 heterocycles. The SMILES string of the molecule is CC(C)(C)NC(N)=N[C@@H](CC(=O)NS(C)(=O)=O)Cc1ccc(-c2cccc(Cl)c2)cc1. The second kappa shape index (κ2) is 10.2. The fourth-order valence-corrected chi connectivity index (χ4v) is 3.70. The molecule has 9 heteroatoms. The number of carbonyl (C=O) groups excluding carboxylic acids is 1. The first-order chi connectivity index (χ1) is 14.3. The van der Waals surface area contributed by atoms with Crippen LogP contribution >= 0.6 is 11.6 Å². The van der Waals surface area contributed by atoms with E-state index in [0.29, 0.717) is 11.4 Å². The molecule has 1 amide bonds. The quantitative estimate of drug-likeness (QED) is 0.430. The van der Waals surface area contributed by atoms with Crippen LogP contribution in [-0.4, -0.2) is 38.1 Å². The Kier molecular flexibility index (Phi) is 8.08. The molecular weight excluding hydrogens is 436 g/mol. The highest BCUT2D eigenvalue weighted by Crippen LogP contribution is 2.23. The molecule has 31 heavy (non-hydrogen) atoms. The highest BCUT2D eigenvalue weighted by Gasteiger charge is 2.18. The topological polar surface area (TPSA) is 114 Å². The molecule has 2 aromatic carbocycles. The minimum absolute atomic E-state index is 0.115. The number of nitrogens with zero attached hydrogens (tertiary/aromatic N) is 1. The van der Waals surface area contributed by atoms with Crippen LogP contribution < -0.4 is 15.8 Å². The summed E-state index contributed by atoms with van der Waals surface area (Å²) in [6, 6.07) is 14.9. The Hall–Kier alpha value is -2.58. The molecule has 2 aromatic rings. The van der Waals surface area contributed by atoms with E-state index in [0.717, 1.165) is 22.9 Å². The minimum atomic E-state index is -3.64. The molecule has 0 aliphatic carbocycles. The average molecular weight is 465 g/mol. The predicted octanol–water partition coefficient (Wildman–Crippen LogP) is 3.09. The molecule has 0 saturated heterocycles. The Balaban J connectivity index is 2.21. The predicted molar refractivity (Wildman–Crippen MR) is 126 cm³/mol. The van der Waals surface area contributed by atoms with Crippen molar-refractivity contribution in [3.63, 3.8) is 0 Å². The maximum atomic E-state index is 12.2. The molecule has 0 saturated carbocycles. The average Bonchev–Trinajstić information content (AvgIpc) is 2.58. The van der Waals surface area contributed by atoms with Gasteiger partial charge in [-0.2, -0.15) is 0 Å². The zero-order valence-electron chi connectivity index (χ0n) is 18.1. The van der Waals surface area contributed by atoms with Crippen molar-refractivity contribution < 1.29 is 13.2 Å². The number of hydrogen-bond donors (Lipinski definition) is 3. The first kappa shape index (κ1) is 24.7. The van der Waals surface area contributed by atoms with Gasteiger partial charge in [-0.25, -0.2) is 13.4 Å². The van der Waals surface area contributed by atoms with Crippen LogP contribution in [0.25, 0.3) is 11.1 Å². The van der Waals surface area contributed by atoms with E-state index < -0.39 is 22.0 Å². The number of guanidine groups is 1. The van der Waals surface area contributed by atoms with Crippen molar-refractivity contribution >= 4 is 33.5 Å². The summed E-state index contributed by atoms with van der Waals surface area (Å²) in [6.45, 7) is 5.82. The van der Waals surface area contributed by atoms with Gasteiger partial charge in [-0.3, -0.25) is 9.52 Å². The summed E-state index contributed by atoms with van der Waals surface area (Å²) in [4.78, 5) is 16.6. The number of aliphatic imine (C=N–C) groups is 1. The number of sulfonamides is 1. The molecule has 0 aliphatic heterocycles. The van der Waals surface area contributed by atoms with E-state index in [4.69, 9.17) is 17.3 Å². The number of halogens is 1. The summed E-state index contributed by atoms with van der Waals surface area (Å²) in [7, 11) is -3.64. The molecule has 1 atom stereocenters. The molecule has 0 unspecified atom stereocenters. The van der Waals surface area contributed by atoms with Crippen molar-refractivity contribution in [2.45, 2.75) is 45.2 Å². The first-order valence-corrected chi connectivity index (χ1v) is 12.0. The largest absolute Gasteiger partial charge is 0.370 e. The number of benzene rings is 2. The maximum Gasteiger partial charge on any atom is 0.235 e. The Morgan fingerprint density at radius 1 is 1.13 bits per heavy atom. The smallest absolute Gasteiger partial charge is 0.235 e. The van der Waals surface area contributed by atoms with Gasteiger partial charge in [-0.1, -0.05) is 48.0 Å². The summed E-state index contributed by atoms with van der Waals surface area (Å²) in [6.07, 6.45) is 1.24. The molecular formula is C22H29ClN4O3S. The van der Waals surface area contributed by atoms with Crippen LogP contribution in [0.1, 0.15) is 32.8 Å². The van der Waals surface area contributed by atoms with Crippen LogP contribution in [0.15, 0.2) is 53.5 Å². The zero-order valence-corrected chi connectivity index (χ0v) is 19.7. The third kappa shape index (κ3) is 9.40. The van der Waals surface area contributed by atoms with Crippen molar-refractivity contribution in [1.29, 1.82) is 0 Å². The van der Waals surface area contributed by atoms with Gasteiger partial charge in [0.25, 0.3) is 0 Å². The second-order valence-corrected chi connectivity index (χ2v) is 10.6. The highest BCUT2D eigenvalue weighted by atomic mass is 35.5. The molecule has 0 aliphatic rings.